The maximum atomic E-state index is 4.34. The van der Waals surface area contributed by atoms with Gasteiger partial charge in [-0.2, -0.15) is 0 Å². The second kappa shape index (κ2) is 6.57. The van der Waals surface area contributed by atoms with Crippen molar-refractivity contribution in [2.75, 3.05) is 6.54 Å². The molecule has 0 bridgehead atoms. The number of hydrogen-bond acceptors (Lipinski definition) is 2. The molecule has 2 aromatic rings. The molecule has 1 N–H and O–H groups in total. The minimum absolute atomic E-state index is 0.700. The Bertz CT molecular complexity index is 496. The first-order valence-corrected chi connectivity index (χ1v) is 6.96. The summed E-state index contributed by atoms with van der Waals surface area (Å²) in [5.41, 5.74) is 1.35. The van der Waals surface area contributed by atoms with Crippen molar-refractivity contribution in [2.45, 2.75) is 33.4 Å². The highest BCUT2D eigenvalue weighted by Gasteiger charge is 2.01. The van der Waals surface area contributed by atoms with Crippen molar-refractivity contribution in [3.8, 4) is 0 Å². The van der Waals surface area contributed by atoms with Crippen LogP contribution in [0.4, 0.5) is 0 Å². The maximum absolute atomic E-state index is 4.34. The third kappa shape index (κ3) is 4.24. The number of hydrogen-bond donors (Lipinski definition) is 1. The van der Waals surface area contributed by atoms with E-state index in [-0.39, 0.29) is 0 Å². The van der Waals surface area contributed by atoms with E-state index >= 15 is 0 Å². The monoisotopic (exact) mass is 260 g/mol. The van der Waals surface area contributed by atoms with Crippen LogP contribution < -0.4 is 5.32 Å². The Labute approximate surface area is 115 Å². The van der Waals surface area contributed by atoms with Crippen LogP contribution in [0.15, 0.2) is 30.9 Å². The molecule has 2 rings (SSSR count). The Balaban J connectivity index is 1.79. The summed E-state index contributed by atoms with van der Waals surface area (Å²) in [4.78, 5) is 4.34. The van der Waals surface area contributed by atoms with E-state index in [4.69, 9.17) is 0 Å². The van der Waals surface area contributed by atoms with Crippen molar-refractivity contribution in [1.29, 1.82) is 0 Å². The summed E-state index contributed by atoms with van der Waals surface area (Å²) in [7, 11) is 2.04. The molecule has 0 radical (unpaired) electrons. The van der Waals surface area contributed by atoms with Crippen LogP contribution in [0.3, 0.4) is 0 Å². The summed E-state index contributed by atoms with van der Waals surface area (Å²) in [5, 5.41) is 3.46. The van der Waals surface area contributed by atoms with Gasteiger partial charge in [0.05, 0.1) is 0 Å². The van der Waals surface area contributed by atoms with Crippen molar-refractivity contribution in [2.24, 2.45) is 13.0 Å². The molecule has 4 nitrogen and oxygen atoms in total. The highest BCUT2D eigenvalue weighted by molar-refractivity contribution is 5.10. The quantitative estimate of drug-likeness (QED) is 0.828. The minimum atomic E-state index is 0.700. The standard InChI is InChI=1S/C15H24N4/c1-13(2)10-16-11-14-4-7-19(12-14)8-5-15-17-6-9-18(15)3/h4,6-7,9,12-13,16H,5,8,10-11H2,1-3H3. The average Bonchev–Trinajstić information content (AvgIpc) is 2.95. The molecule has 0 aliphatic carbocycles. The lowest BCUT2D eigenvalue weighted by Crippen LogP contribution is -2.18. The van der Waals surface area contributed by atoms with Crippen LogP contribution in [-0.2, 0) is 26.6 Å². The largest absolute Gasteiger partial charge is 0.353 e. The zero-order valence-corrected chi connectivity index (χ0v) is 12.1. The van der Waals surface area contributed by atoms with E-state index in [0.717, 1.165) is 31.9 Å². The maximum Gasteiger partial charge on any atom is 0.110 e. The molecule has 0 spiro atoms. The number of imidazole rings is 1. The number of nitrogens with zero attached hydrogens (tertiary/aromatic N) is 3. The lowest BCUT2D eigenvalue weighted by atomic mass is 10.2. The van der Waals surface area contributed by atoms with E-state index in [2.05, 4.69) is 51.7 Å². The normalized spacial score (nSPS) is 11.4. The van der Waals surface area contributed by atoms with Crippen LogP contribution in [0.1, 0.15) is 25.2 Å². The highest BCUT2D eigenvalue weighted by Crippen LogP contribution is 2.04. The van der Waals surface area contributed by atoms with E-state index in [9.17, 15) is 0 Å². The number of nitrogens with one attached hydrogen (secondary N) is 1. The van der Waals surface area contributed by atoms with Gasteiger partial charge in [-0.3, -0.25) is 0 Å². The predicted molar refractivity (Wildman–Crippen MR) is 77.9 cm³/mol. The average molecular weight is 260 g/mol. The Morgan fingerprint density at radius 3 is 2.84 bits per heavy atom. The zero-order chi connectivity index (χ0) is 13.7. The molecule has 0 aromatic carbocycles. The molecule has 2 heterocycles. The Morgan fingerprint density at radius 2 is 2.16 bits per heavy atom. The molecule has 0 fully saturated rings. The van der Waals surface area contributed by atoms with Crippen LogP contribution >= 0.6 is 0 Å². The summed E-state index contributed by atoms with van der Waals surface area (Å²) < 4.78 is 4.32. The van der Waals surface area contributed by atoms with Gasteiger partial charge in [0.1, 0.15) is 5.82 Å². The van der Waals surface area contributed by atoms with Gasteiger partial charge >= 0.3 is 0 Å². The van der Waals surface area contributed by atoms with Gasteiger partial charge < -0.3 is 14.5 Å². The molecule has 0 saturated carbocycles. The van der Waals surface area contributed by atoms with Gasteiger partial charge in [0.2, 0.25) is 0 Å². The molecule has 19 heavy (non-hydrogen) atoms. The number of aryl methyl sites for hydroxylation is 3. The summed E-state index contributed by atoms with van der Waals surface area (Å²) in [6.07, 6.45) is 9.18. The van der Waals surface area contributed by atoms with Gasteiger partial charge in [-0.15, -0.1) is 0 Å². The predicted octanol–water partition coefficient (Wildman–Crippen LogP) is 2.21. The first-order valence-electron chi connectivity index (χ1n) is 6.96. The fraction of sp³-hybridized carbons (Fsp3) is 0.533. The van der Waals surface area contributed by atoms with E-state index < -0.39 is 0 Å². The third-order valence-electron chi connectivity index (χ3n) is 3.21. The van der Waals surface area contributed by atoms with Crippen LogP contribution in [0.5, 0.6) is 0 Å². The van der Waals surface area contributed by atoms with Crippen molar-refractivity contribution < 1.29 is 0 Å². The van der Waals surface area contributed by atoms with Gasteiger partial charge in [-0.05, 0) is 24.1 Å². The Hall–Kier alpha value is -1.55. The SMILES string of the molecule is CC(C)CNCc1ccn(CCc2nccn2C)c1. The molecular formula is C15H24N4. The van der Waals surface area contributed by atoms with Crippen molar-refractivity contribution in [1.82, 2.24) is 19.4 Å². The molecule has 0 amide bonds. The first kappa shape index (κ1) is 13.9. The summed E-state index contributed by atoms with van der Waals surface area (Å²) >= 11 is 0. The van der Waals surface area contributed by atoms with Gasteiger partial charge in [0.15, 0.2) is 0 Å². The van der Waals surface area contributed by atoms with Gasteiger partial charge in [-0.1, -0.05) is 13.8 Å². The molecule has 0 aliphatic rings. The summed E-state index contributed by atoms with van der Waals surface area (Å²) in [6.45, 7) is 7.46. The van der Waals surface area contributed by atoms with Gasteiger partial charge in [-0.25, -0.2) is 4.98 Å². The number of aromatic nitrogens is 3. The molecular weight excluding hydrogens is 236 g/mol. The minimum Gasteiger partial charge on any atom is -0.353 e. The Morgan fingerprint density at radius 1 is 1.32 bits per heavy atom. The van der Waals surface area contributed by atoms with Crippen LogP contribution in [0.2, 0.25) is 0 Å². The first-order chi connectivity index (χ1) is 9.15. The van der Waals surface area contributed by atoms with Crippen molar-refractivity contribution in [3.05, 3.63) is 42.2 Å². The van der Waals surface area contributed by atoms with Crippen molar-refractivity contribution >= 4 is 0 Å². The second-order valence-corrected chi connectivity index (χ2v) is 5.49. The third-order valence-corrected chi connectivity index (χ3v) is 3.21. The van der Waals surface area contributed by atoms with Crippen molar-refractivity contribution in [3.63, 3.8) is 0 Å². The fourth-order valence-corrected chi connectivity index (χ4v) is 2.11. The molecule has 0 saturated heterocycles. The lowest BCUT2D eigenvalue weighted by molar-refractivity contribution is 0.551. The second-order valence-electron chi connectivity index (χ2n) is 5.49. The van der Waals surface area contributed by atoms with E-state index in [1.807, 2.05) is 19.4 Å². The summed E-state index contributed by atoms with van der Waals surface area (Å²) in [5.74, 6) is 1.83. The fourth-order valence-electron chi connectivity index (χ4n) is 2.11. The van der Waals surface area contributed by atoms with Gasteiger partial charge in [0, 0.05) is 51.3 Å². The van der Waals surface area contributed by atoms with E-state index in [1.54, 1.807) is 0 Å². The molecule has 0 unspecified atom stereocenters. The highest BCUT2D eigenvalue weighted by atomic mass is 15.0. The molecule has 2 aromatic heterocycles. The van der Waals surface area contributed by atoms with Crippen LogP contribution in [-0.4, -0.2) is 20.7 Å². The molecule has 0 atom stereocenters. The summed E-state index contributed by atoms with van der Waals surface area (Å²) in [6, 6.07) is 2.19. The van der Waals surface area contributed by atoms with E-state index in [1.165, 1.54) is 5.56 Å². The smallest absolute Gasteiger partial charge is 0.110 e. The molecule has 104 valence electrons. The lowest BCUT2D eigenvalue weighted by Gasteiger charge is -2.06. The Kier molecular flexibility index (Phi) is 4.80. The molecule has 4 heteroatoms. The van der Waals surface area contributed by atoms with Crippen LogP contribution in [0, 0.1) is 5.92 Å². The number of rotatable bonds is 7. The van der Waals surface area contributed by atoms with E-state index in [0.29, 0.717) is 5.92 Å². The molecule has 0 aliphatic heterocycles. The zero-order valence-electron chi connectivity index (χ0n) is 12.1. The van der Waals surface area contributed by atoms with Gasteiger partial charge in [0.25, 0.3) is 0 Å². The van der Waals surface area contributed by atoms with Crippen LogP contribution in [0.25, 0.3) is 0 Å². The topological polar surface area (TPSA) is 34.8 Å².